The van der Waals surface area contributed by atoms with Gasteiger partial charge in [0.15, 0.2) is 5.78 Å². The minimum absolute atomic E-state index is 0.127. The van der Waals surface area contributed by atoms with Crippen molar-refractivity contribution in [2.75, 3.05) is 18.6 Å². The van der Waals surface area contributed by atoms with Crippen molar-refractivity contribution in [2.24, 2.45) is 5.92 Å². The molecule has 1 aliphatic carbocycles. The highest BCUT2D eigenvalue weighted by molar-refractivity contribution is 7.17. The summed E-state index contributed by atoms with van der Waals surface area (Å²) in [4.78, 5) is 35.0. The molecule has 2 aromatic carbocycles. The van der Waals surface area contributed by atoms with Crippen LogP contribution in [0.1, 0.15) is 45.0 Å². The molecule has 1 amide bonds. The van der Waals surface area contributed by atoms with Crippen LogP contribution < -0.4 is 9.64 Å². The summed E-state index contributed by atoms with van der Waals surface area (Å²) in [5.74, 6) is 1.47. The van der Waals surface area contributed by atoms with Crippen LogP contribution in [0.15, 0.2) is 72.8 Å². The van der Waals surface area contributed by atoms with Crippen LogP contribution in [0.4, 0.5) is 5.69 Å². The lowest BCUT2D eigenvalue weighted by molar-refractivity contribution is 0.0972. The molecule has 6 rings (SSSR count). The van der Waals surface area contributed by atoms with Gasteiger partial charge in [-0.2, -0.15) is 0 Å². The first-order chi connectivity index (χ1) is 17.6. The lowest BCUT2D eigenvalue weighted by Crippen LogP contribution is -2.33. The molecule has 180 valence electrons. The van der Waals surface area contributed by atoms with Crippen LogP contribution in [-0.4, -0.2) is 30.3 Å². The summed E-state index contributed by atoms with van der Waals surface area (Å²) in [5.41, 5.74) is 5.07. The van der Waals surface area contributed by atoms with E-state index in [1.54, 1.807) is 24.5 Å². The molecule has 36 heavy (non-hydrogen) atoms. The van der Waals surface area contributed by atoms with Crippen molar-refractivity contribution >= 4 is 28.7 Å². The molecular weight excluding hydrogens is 468 g/mol. The molecule has 2 aliphatic rings. The van der Waals surface area contributed by atoms with Gasteiger partial charge in [-0.05, 0) is 79.3 Å². The van der Waals surface area contributed by atoms with Crippen LogP contribution in [0.5, 0.6) is 5.75 Å². The van der Waals surface area contributed by atoms with Gasteiger partial charge in [0.05, 0.1) is 23.4 Å². The maximum atomic E-state index is 13.8. The standard InChI is InChI=1S/C30H26N2O3S/c1-35-22-13-11-20(12-14-22)24-6-4-7-25(31-24)30(34)32-16-15-21-18-28(27(33)17-19-9-10-19)36-29(21)23-5-2-3-8-26(23)32/h2-8,11-14,18-19H,9-10,15-17H2,1H3. The van der Waals surface area contributed by atoms with Crippen LogP contribution in [0.3, 0.4) is 0 Å². The van der Waals surface area contributed by atoms with Gasteiger partial charge in [0.25, 0.3) is 5.91 Å². The predicted octanol–water partition coefficient (Wildman–Crippen LogP) is 6.67. The van der Waals surface area contributed by atoms with E-state index >= 15 is 0 Å². The predicted molar refractivity (Wildman–Crippen MR) is 143 cm³/mol. The maximum absolute atomic E-state index is 13.8. The summed E-state index contributed by atoms with van der Waals surface area (Å²) in [7, 11) is 1.64. The number of benzene rings is 2. The van der Waals surface area contributed by atoms with Gasteiger partial charge in [-0.1, -0.05) is 24.3 Å². The Morgan fingerprint density at radius 3 is 2.61 bits per heavy atom. The number of aromatic nitrogens is 1. The zero-order chi connectivity index (χ0) is 24.6. The summed E-state index contributed by atoms with van der Waals surface area (Å²) in [6, 6.07) is 23.2. The molecule has 3 heterocycles. The highest BCUT2D eigenvalue weighted by Crippen LogP contribution is 2.43. The fraction of sp³-hybridized carbons (Fsp3) is 0.233. The van der Waals surface area contributed by atoms with Crippen LogP contribution in [0, 0.1) is 5.92 Å². The molecule has 0 atom stereocenters. The van der Waals surface area contributed by atoms with E-state index in [0.717, 1.165) is 43.6 Å². The summed E-state index contributed by atoms with van der Waals surface area (Å²) >= 11 is 1.57. The first-order valence-electron chi connectivity index (χ1n) is 12.3. The van der Waals surface area contributed by atoms with Gasteiger partial charge in [-0.15, -0.1) is 11.3 Å². The molecule has 0 N–H and O–H groups in total. The fourth-order valence-corrected chi connectivity index (χ4v) is 5.94. The number of pyridine rings is 1. The van der Waals surface area contributed by atoms with Crippen LogP contribution in [0.25, 0.3) is 21.7 Å². The molecule has 0 spiro atoms. The fourth-order valence-electron chi connectivity index (χ4n) is 4.74. The average molecular weight is 495 g/mol. The second kappa shape index (κ2) is 9.36. The Morgan fingerprint density at radius 2 is 1.83 bits per heavy atom. The van der Waals surface area contributed by atoms with E-state index in [1.807, 2.05) is 65.6 Å². The molecule has 0 radical (unpaired) electrons. The molecule has 0 saturated heterocycles. The monoisotopic (exact) mass is 494 g/mol. The van der Waals surface area contributed by atoms with E-state index in [2.05, 4.69) is 6.07 Å². The summed E-state index contributed by atoms with van der Waals surface area (Å²) < 4.78 is 5.25. The number of thiophene rings is 1. The Labute approximate surface area is 214 Å². The number of hydrogen-bond acceptors (Lipinski definition) is 5. The first kappa shape index (κ1) is 22.7. The van der Waals surface area contributed by atoms with Crippen LogP contribution in [-0.2, 0) is 6.42 Å². The third kappa shape index (κ3) is 4.33. The van der Waals surface area contributed by atoms with E-state index in [1.165, 1.54) is 12.8 Å². The molecule has 1 saturated carbocycles. The minimum atomic E-state index is -0.127. The Balaban J connectivity index is 1.32. The zero-order valence-corrected chi connectivity index (χ0v) is 20.9. The number of carbonyl (C=O) groups is 2. The normalized spacial score (nSPS) is 14.5. The molecule has 5 nitrogen and oxygen atoms in total. The lowest BCUT2D eigenvalue weighted by Gasteiger charge is -2.23. The van der Waals surface area contributed by atoms with E-state index in [9.17, 15) is 9.59 Å². The SMILES string of the molecule is COc1ccc(-c2cccc(C(=O)N3CCc4cc(C(=O)CC5CC5)sc4-c4ccccc43)n2)cc1. The Hall–Kier alpha value is -3.77. The number of amides is 1. The number of nitrogens with zero attached hydrogens (tertiary/aromatic N) is 2. The number of para-hydroxylation sites is 1. The van der Waals surface area contributed by atoms with Gasteiger partial charge in [0.1, 0.15) is 11.4 Å². The molecule has 1 aliphatic heterocycles. The summed E-state index contributed by atoms with van der Waals surface area (Å²) in [5, 5.41) is 0. The minimum Gasteiger partial charge on any atom is -0.497 e. The maximum Gasteiger partial charge on any atom is 0.276 e. The zero-order valence-electron chi connectivity index (χ0n) is 20.1. The van der Waals surface area contributed by atoms with Crippen molar-refractivity contribution < 1.29 is 14.3 Å². The highest BCUT2D eigenvalue weighted by Gasteiger charge is 2.30. The number of anilines is 1. The number of ether oxygens (including phenoxy) is 1. The van der Waals surface area contributed by atoms with Crippen molar-refractivity contribution in [3.8, 4) is 27.4 Å². The second-order valence-corrected chi connectivity index (χ2v) is 10.4. The van der Waals surface area contributed by atoms with E-state index < -0.39 is 0 Å². The molecule has 1 fully saturated rings. The third-order valence-corrected chi connectivity index (χ3v) is 8.15. The van der Waals surface area contributed by atoms with Gasteiger partial charge in [-0.25, -0.2) is 4.98 Å². The molecule has 0 bridgehead atoms. The van der Waals surface area contributed by atoms with Crippen molar-refractivity contribution in [3.63, 3.8) is 0 Å². The average Bonchev–Trinajstić information content (AvgIpc) is 3.67. The second-order valence-electron chi connectivity index (χ2n) is 9.40. The first-order valence-corrected chi connectivity index (χ1v) is 13.1. The number of methoxy groups -OCH3 is 1. The topological polar surface area (TPSA) is 59.5 Å². The number of rotatable bonds is 6. The molecule has 2 aromatic heterocycles. The number of hydrogen-bond donors (Lipinski definition) is 0. The summed E-state index contributed by atoms with van der Waals surface area (Å²) in [6.07, 6.45) is 3.69. The quantitative estimate of drug-likeness (QED) is 0.281. The lowest BCUT2D eigenvalue weighted by atomic mass is 10.1. The molecule has 6 heteroatoms. The number of fused-ring (bicyclic) bond motifs is 3. The largest absolute Gasteiger partial charge is 0.497 e. The molecule has 0 unspecified atom stereocenters. The molecule has 4 aromatic rings. The van der Waals surface area contributed by atoms with Crippen molar-refractivity contribution in [2.45, 2.75) is 25.7 Å². The summed E-state index contributed by atoms with van der Waals surface area (Å²) in [6.45, 7) is 0.532. The van der Waals surface area contributed by atoms with Gasteiger partial charge in [0, 0.05) is 29.0 Å². The van der Waals surface area contributed by atoms with E-state index in [4.69, 9.17) is 9.72 Å². The van der Waals surface area contributed by atoms with Crippen molar-refractivity contribution in [3.05, 3.63) is 88.9 Å². The smallest absolute Gasteiger partial charge is 0.276 e. The van der Waals surface area contributed by atoms with Crippen LogP contribution >= 0.6 is 11.3 Å². The highest BCUT2D eigenvalue weighted by atomic mass is 32.1. The number of Topliss-reactive ketones (excluding diaryl/α,β-unsaturated/α-hetero) is 1. The van der Waals surface area contributed by atoms with Gasteiger partial charge >= 0.3 is 0 Å². The Morgan fingerprint density at radius 1 is 1.03 bits per heavy atom. The third-order valence-electron chi connectivity index (χ3n) is 6.90. The van der Waals surface area contributed by atoms with Gasteiger partial charge < -0.3 is 9.64 Å². The molecular formula is C30H26N2O3S. The van der Waals surface area contributed by atoms with E-state index in [-0.39, 0.29) is 11.7 Å². The van der Waals surface area contributed by atoms with Gasteiger partial charge in [0.2, 0.25) is 0 Å². The van der Waals surface area contributed by atoms with Crippen LogP contribution in [0.2, 0.25) is 0 Å². The number of carbonyl (C=O) groups excluding carboxylic acids is 2. The number of ketones is 1. The van der Waals surface area contributed by atoms with Crippen molar-refractivity contribution in [1.82, 2.24) is 4.98 Å². The van der Waals surface area contributed by atoms with E-state index in [0.29, 0.717) is 31.0 Å². The van der Waals surface area contributed by atoms with Crippen molar-refractivity contribution in [1.29, 1.82) is 0 Å². The Kier molecular flexibility index (Phi) is 5.89. The van der Waals surface area contributed by atoms with Gasteiger partial charge in [-0.3, -0.25) is 9.59 Å². The Bertz CT molecular complexity index is 1450.